The average Bonchev–Trinajstić information content (AvgIpc) is 2.98. The second-order valence-corrected chi connectivity index (χ2v) is 5.93. The van der Waals surface area contributed by atoms with Gasteiger partial charge in [-0.3, -0.25) is 4.90 Å². The van der Waals surface area contributed by atoms with Gasteiger partial charge in [0.2, 0.25) is 5.88 Å². The Balaban J connectivity index is 1.93. The molecule has 21 heavy (non-hydrogen) atoms. The number of aromatic nitrogens is 2. The lowest BCUT2D eigenvalue weighted by Gasteiger charge is -2.16. The third-order valence-corrected chi connectivity index (χ3v) is 3.65. The zero-order chi connectivity index (χ0) is 15.1. The molecule has 2 heterocycles. The van der Waals surface area contributed by atoms with Gasteiger partial charge in [-0.25, -0.2) is 4.98 Å². The van der Waals surface area contributed by atoms with Gasteiger partial charge < -0.3 is 10.1 Å². The molecule has 5 heteroatoms. The van der Waals surface area contributed by atoms with Crippen LogP contribution in [-0.2, 0) is 0 Å². The van der Waals surface area contributed by atoms with Crippen molar-refractivity contribution in [3.63, 3.8) is 0 Å². The zero-order valence-electron chi connectivity index (χ0n) is 13.6. The number of nitrogens with one attached hydrogen (secondary N) is 1. The number of rotatable bonds is 8. The normalized spacial score (nSPS) is 15.6. The van der Waals surface area contributed by atoms with Gasteiger partial charge in [0, 0.05) is 25.1 Å². The fourth-order valence-corrected chi connectivity index (χ4v) is 2.40. The van der Waals surface area contributed by atoms with Crippen molar-refractivity contribution in [1.29, 1.82) is 0 Å². The van der Waals surface area contributed by atoms with Gasteiger partial charge in [-0.05, 0) is 32.4 Å². The van der Waals surface area contributed by atoms with E-state index in [1.165, 1.54) is 25.9 Å². The van der Waals surface area contributed by atoms with Crippen molar-refractivity contribution in [3.8, 4) is 5.88 Å². The second kappa shape index (κ2) is 8.17. The summed E-state index contributed by atoms with van der Waals surface area (Å²) in [5.41, 5.74) is 0. The molecule has 0 unspecified atom stereocenters. The maximum atomic E-state index is 5.85. The number of ether oxygens (including phenoxy) is 1. The van der Waals surface area contributed by atoms with E-state index in [4.69, 9.17) is 4.74 Å². The van der Waals surface area contributed by atoms with Crippen LogP contribution in [0.1, 0.15) is 51.8 Å². The lowest BCUT2D eigenvalue weighted by Crippen LogP contribution is -2.25. The van der Waals surface area contributed by atoms with Crippen LogP contribution < -0.4 is 10.1 Å². The van der Waals surface area contributed by atoms with Crippen LogP contribution in [0.5, 0.6) is 5.88 Å². The molecule has 5 nitrogen and oxygen atoms in total. The summed E-state index contributed by atoms with van der Waals surface area (Å²) >= 11 is 0. The monoisotopic (exact) mass is 292 g/mol. The molecule has 1 aromatic rings. The van der Waals surface area contributed by atoms with E-state index in [9.17, 15) is 0 Å². The first-order valence-corrected chi connectivity index (χ1v) is 8.17. The standard InChI is InChI=1S/C16H28N4O/c1-4-7-17-14-12-15(19-16(18-14)13(2)3)21-11-10-20-8-5-6-9-20/h12-13H,4-11H2,1-3H3,(H,17,18,19). The molecule has 0 aromatic carbocycles. The molecule has 0 amide bonds. The molecular weight excluding hydrogens is 264 g/mol. The van der Waals surface area contributed by atoms with Crippen molar-refractivity contribution >= 4 is 5.82 Å². The Morgan fingerprint density at radius 1 is 1.29 bits per heavy atom. The van der Waals surface area contributed by atoms with Gasteiger partial charge in [0.05, 0.1) is 0 Å². The Morgan fingerprint density at radius 2 is 2.05 bits per heavy atom. The topological polar surface area (TPSA) is 50.3 Å². The van der Waals surface area contributed by atoms with Crippen molar-refractivity contribution in [1.82, 2.24) is 14.9 Å². The van der Waals surface area contributed by atoms with Crippen LogP contribution >= 0.6 is 0 Å². The Bertz CT molecular complexity index is 430. The van der Waals surface area contributed by atoms with Crippen molar-refractivity contribution < 1.29 is 4.74 Å². The van der Waals surface area contributed by atoms with Gasteiger partial charge >= 0.3 is 0 Å². The fourth-order valence-electron chi connectivity index (χ4n) is 2.40. The summed E-state index contributed by atoms with van der Waals surface area (Å²) in [5, 5.41) is 3.32. The van der Waals surface area contributed by atoms with Crippen molar-refractivity contribution in [2.75, 3.05) is 38.1 Å². The van der Waals surface area contributed by atoms with Crippen LogP contribution in [-0.4, -0.2) is 47.7 Å². The highest BCUT2D eigenvalue weighted by Gasteiger charge is 2.12. The number of hydrogen-bond acceptors (Lipinski definition) is 5. The molecule has 1 aliphatic heterocycles. The second-order valence-electron chi connectivity index (χ2n) is 5.93. The highest BCUT2D eigenvalue weighted by Crippen LogP contribution is 2.18. The van der Waals surface area contributed by atoms with Crippen LogP contribution in [0.4, 0.5) is 5.82 Å². The first kappa shape index (κ1) is 16.0. The SMILES string of the molecule is CCCNc1cc(OCCN2CCCC2)nc(C(C)C)n1. The van der Waals surface area contributed by atoms with E-state index in [-0.39, 0.29) is 0 Å². The lowest BCUT2D eigenvalue weighted by molar-refractivity contribution is 0.231. The maximum absolute atomic E-state index is 5.85. The van der Waals surface area contributed by atoms with Crippen LogP contribution in [0.15, 0.2) is 6.07 Å². The molecule has 118 valence electrons. The lowest BCUT2D eigenvalue weighted by atomic mass is 10.2. The summed E-state index contributed by atoms with van der Waals surface area (Å²) in [4.78, 5) is 11.5. The molecule has 2 rings (SSSR count). The summed E-state index contributed by atoms with van der Waals surface area (Å²) < 4.78 is 5.85. The van der Waals surface area contributed by atoms with Gasteiger partial charge in [-0.2, -0.15) is 4.98 Å². The Morgan fingerprint density at radius 3 is 2.71 bits per heavy atom. The maximum Gasteiger partial charge on any atom is 0.218 e. The van der Waals surface area contributed by atoms with Crippen LogP contribution in [0.2, 0.25) is 0 Å². The van der Waals surface area contributed by atoms with Crippen LogP contribution in [0.3, 0.4) is 0 Å². The van der Waals surface area contributed by atoms with E-state index in [1.54, 1.807) is 0 Å². The molecule has 0 saturated carbocycles. The number of anilines is 1. The van der Waals surface area contributed by atoms with E-state index in [1.807, 2.05) is 6.07 Å². The average molecular weight is 292 g/mol. The van der Waals surface area contributed by atoms with Gasteiger partial charge in [0.1, 0.15) is 18.2 Å². The smallest absolute Gasteiger partial charge is 0.218 e. The number of nitrogens with zero attached hydrogens (tertiary/aromatic N) is 3. The van der Waals surface area contributed by atoms with Gasteiger partial charge in [-0.15, -0.1) is 0 Å². The van der Waals surface area contributed by atoms with Crippen LogP contribution in [0.25, 0.3) is 0 Å². The first-order chi connectivity index (χ1) is 10.2. The predicted octanol–water partition coefficient (Wildman–Crippen LogP) is 2.90. The minimum atomic E-state index is 0.300. The zero-order valence-corrected chi connectivity index (χ0v) is 13.6. The molecule has 1 fully saturated rings. The summed E-state index contributed by atoms with van der Waals surface area (Å²) in [6, 6.07) is 1.91. The minimum Gasteiger partial charge on any atom is -0.476 e. The third-order valence-electron chi connectivity index (χ3n) is 3.65. The molecule has 1 aromatic heterocycles. The van der Waals surface area contributed by atoms with Crippen molar-refractivity contribution in [2.45, 2.75) is 46.0 Å². The van der Waals surface area contributed by atoms with E-state index >= 15 is 0 Å². The van der Waals surface area contributed by atoms with E-state index in [0.29, 0.717) is 18.4 Å². The summed E-state index contributed by atoms with van der Waals surface area (Å²) in [7, 11) is 0. The predicted molar refractivity (Wildman–Crippen MR) is 86.1 cm³/mol. The van der Waals surface area contributed by atoms with Gasteiger partial charge in [0.15, 0.2) is 0 Å². The molecule has 1 aliphatic rings. The molecule has 0 atom stereocenters. The molecule has 0 spiro atoms. The van der Waals surface area contributed by atoms with E-state index in [2.05, 4.69) is 41.0 Å². The fraction of sp³-hybridized carbons (Fsp3) is 0.750. The van der Waals surface area contributed by atoms with Gasteiger partial charge in [0.25, 0.3) is 0 Å². The molecule has 0 bridgehead atoms. The Kier molecular flexibility index (Phi) is 6.23. The highest BCUT2D eigenvalue weighted by atomic mass is 16.5. The number of hydrogen-bond donors (Lipinski definition) is 1. The highest BCUT2D eigenvalue weighted by molar-refractivity contribution is 5.38. The van der Waals surface area contributed by atoms with E-state index in [0.717, 1.165) is 31.2 Å². The molecule has 1 N–H and O–H groups in total. The molecule has 0 aliphatic carbocycles. The summed E-state index contributed by atoms with van der Waals surface area (Å²) in [6.07, 6.45) is 3.71. The third kappa shape index (κ3) is 5.16. The molecular formula is C16H28N4O. The Labute approximate surface area is 128 Å². The minimum absolute atomic E-state index is 0.300. The summed E-state index contributed by atoms with van der Waals surface area (Å²) in [6.45, 7) is 11.4. The van der Waals surface area contributed by atoms with Crippen molar-refractivity contribution in [2.24, 2.45) is 0 Å². The van der Waals surface area contributed by atoms with Crippen LogP contribution in [0, 0.1) is 0 Å². The van der Waals surface area contributed by atoms with E-state index < -0.39 is 0 Å². The molecule has 1 saturated heterocycles. The largest absolute Gasteiger partial charge is 0.476 e. The quantitative estimate of drug-likeness (QED) is 0.798. The molecule has 0 radical (unpaired) electrons. The first-order valence-electron chi connectivity index (χ1n) is 8.17. The Hall–Kier alpha value is -1.36. The summed E-state index contributed by atoms with van der Waals surface area (Å²) in [5.74, 6) is 2.69. The van der Waals surface area contributed by atoms with Crippen molar-refractivity contribution in [3.05, 3.63) is 11.9 Å². The number of likely N-dealkylation sites (tertiary alicyclic amines) is 1. The van der Waals surface area contributed by atoms with Gasteiger partial charge in [-0.1, -0.05) is 20.8 Å².